The smallest absolute Gasteiger partial charge is 0.235 e. The number of rotatable bonds is 5. The molecule has 4 heterocycles. The van der Waals surface area contributed by atoms with Crippen molar-refractivity contribution in [2.45, 2.75) is 13.3 Å². The zero-order chi connectivity index (χ0) is 42.3. The van der Waals surface area contributed by atoms with Gasteiger partial charge < -0.3 is 9.13 Å². The summed E-state index contributed by atoms with van der Waals surface area (Å²) in [5, 5.41) is 4.74. The zero-order valence-electron chi connectivity index (χ0n) is 35.2. The molecule has 0 saturated heterocycles. The Balaban J connectivity index is 1.04. The van der Waals surface area contributed by atoms with Gasteiger partial charge in [0.15, 0.2) is 0 Å². The summed E-state index contributed by atoms with van der Waals surface area (Å²) in [5.41, 5.74) is 18.0. The topological polar surface area (TPSA) is 38.9 Å². The van der Waals surface area contributed by atoms with Crippen molar-refractivity contribution in [2.75, 3.05) is 4.90 Å². The summed E-state index contributed by atoms with van der Waals surface area (Å²) in [6.07, 6.45) is 10.2. The fourth-order valence-electron chi connectivity index (χ4n) is 10.2. The van der Waals surface area contributed by atoms with E-state index in [0.29, 0.717) is 11.9 Å². The Kier molecular flexibility index (Phi) is 8.19. The molecule has 1 atom stereocenters. The van der Waals surface area contributed by atoms with E-state index in [1.54, 1.807) is 0 Å². The highest BCUT2D eigenvalue weighted by Gasteiger charge is 2.28. The second-order valence-electron chi connectivity index (χ2n) is 17.1. The van der Waals surface area contributed by atoms with Crippen LogP contribution in [0.4, 0.5) is 17.3 Å². The van der Waals surface area contributed by atoms with Gasteiger partial charge in [0.05, 0.1) is 39.1 Å². The van der Waals surface area contributed by atoms with E-state index in [1.807, 2.05) is 0 Å². The van der Waals surface area contributed by atoms with Crippen LogP contribution in [-0.4, -0.2) is 19.1 Å². The van der Waals surface area contributed by atoms with Crippen LogP contribution >= 0.6 is 0 Å². The molecular formula is C59H41N5. The average molecular weight is 820 g/mol. The second-order valence-corrected chi connectivity index (χ2v) is 17.1. The van der Waals surface area contributed by atoms with E-state index in [0.717, 1.165) is 73.6 Å². The van der Waals surface area contributed by atoms with Gasteiger partial charge in [-0.15, -0.1) is 0 Å². The molecule has 1 aliphatic heterocycles. The minimum atomic E-state index is 0.433. The van der Waals surface area contributed by atoms with E-state index < -0.39 is 0 Å². The van der Waals surface area contributed by atoms with Crippen molar-refractivity contribution >= 4 is 79.2 Å². The number of benzene rings is 8. The standard InChI is InChI=1S/C59H41N5/c1-38-25-30-54-48(33-38)50-37-56-43(36-57(50)63(54)45-19-9-4-10-20-45)27-26-42-34-40(41-29-32-55-49(35-41)46-21-12-14-24-53(46)62(55)44-17-7-3-8-18-44)28-31-52(42)64(56)59-60-51-23-13-11-22-47(51)58(61-59)39-15-5-2-6-16-39/h2-32,34-38H,33H2,1H3. The molecule has 0 amide bonds. The van der Waals surface area contributed by atoms with Crippen molar-refractivity contribution < 1.29 is 0 Å². The molecule has 1 unspecified atom stereocenters. The number of aromatic nitrogens is 4. The van der Waals surface area contributed by atoms with Gasteiger partial charge >= 0.3 is 0 Å². The van der Waals surface area contributed by atoms with Crippen LogP contribution in [0.1, 0.15) is 29.3 Å². The van der Waals surface area contributed by atoms with Crippen LogP contribution in [0.5, 0.6) is 0 Å². The molecular weight excluding hydrogens is 779 g/mol. The minimum absolute atomic E-state index is 0.433. The normalized spacial score (nSPS) is 14.3. The maximum atomic E-state index is 5.51. The monoisotopic (exact) mass is 819 g/mol. The van der Waals surface area contributed by atoms with E-state index in [-0.39, 0.29) is 0 Å². The van der Waals surface area contributed by atoms with Gasteiger partial charge in [0.25, 0.3) is 0 Å². The first-order valence-corrected chi connectivity index (χ1v) is 22.1. The van der Waals surface area contributed by atoms with Gasteiger partial charge in [-0.1, -0.05) is 140 Å². The summed E-state index contributed by atoms with van der Waals surface area (Å²) in [5.74, 6) is 1.07. The number of allylic oxidation sites excluding steroid dienone is 1. The lowest BCUT2D eigenvalue weighted by atomic mass is 9.92. The Morgan fingerprint density at radius 3 is 1.89 bits per heavy atom. The molecule has 0 radical (unpaired) electrons. The Morgan fingerprint density at radius 2 is 1.09 bits per heavy atom. The van der Waals surface area contributed by atoms with Gasteiger partial charge in [0.2, 0.25) is 5.95 Å². The average Bonchev–Trinajstić information content (AvgIpc) is 3.79. The number of hydrogen-bond donors (Lipinski definition) is 0. The van der Waals surface area contributed by atoms with E-state index in [4.69, 9.17) is 9.97 Å². The summed E-state index contributed by atoms with van der Waals surface area (Å²) in [6.45, 7) is 2.31. The third kappa shape index (κ3) is 5.71. The van der Waals surface area contributed by atoms with Gasteiger partial charge in [-0.25, -0.2) is 9.97 Å². The van der Waals surface area contributed by atoms with Crippen molar-refractivity contribution in [3.05, 3.63) is 217 Å². The Labute approximate surface area is 371 Å². The van der Waals surface area contributed by atoms with Crippen molar-refractivity contribution in [2.24, 2.45) is 5.92 Å². The third-order valence-electron chi connectivity index (χ3n) is 13.2. The molecule has 13 rings (SSSR count). The quantitative estimate of drug-likeness (QED) is 0.174. The van der Waals surface area contributed by atoms with Crippen molar-refractivity contribution in [1.82, 2.24) is 19.1 Å². The lowest BCUT2D eigenvalue weighted by Crippen LogP contribution is -2.16. The van der Waals surface area contributed by atoms with Gasteiger partial charge in [0, 0.05) is 49.7 Å². The maximum Gasteiger partial charge on any atom is 0.235 e. The molecule has 64 heavy (non-hydrogen) atoms. The van der Waals surface area contributed by atoms with Crippen LogP contribution in [0.2, 0.25) is 0 Å². The molecule has 0 spiro atoms. The molecule has 5 nitrogen and oxygen atoms in total. The Morgan fingerprint density at radius 1 is 0.453 bits per heavy atom. The van der Waals surface area contributed by atoms with Crippen LogP contribution in [0.25, 0.3) is 95.6 Å². The highest BCUT2D eigenvalue weighted by atomic mass is 15.3. The van der Waals surface area contributed by atoms with E-state index in [9.17, 15) is 0 Å². The summed E-state index contributed by atoms with van der Waals surface area (Å²) in [7, 11) is 0. The first kappa shape index (κ1) is 36.4. The zero-order valence-corrected chi connectivity index (χ0v) is 35.2. The summed E-state index contributed by atoms with van der Waals surface area (Å²) < 4.78 is 4.81. The first-order valence-electron chi connectivity index (χ1n) is 22.1. The molecule has 302 valence electrons. The molecule has 0 fully saturated rings. The maximum absolute atomic E-state index is 5.51. The van der Waals surface area contributed by atoms with Crippen molar-refractivity contribution in [3.63, 3.8) is 0 Å². The molecule has 0 bridgehead atoms. The summed E-state index contributed by atoms with van der Waals surface area (Å²) >= 11 is 0. The van der Waals surface area contributed by atoms with E-state index in [1.165, 1.54) is 44.0 Å². The molecule has 2 aliphatic rings. The van der Waals surface area contributed by atoms with Gasteiger partial charge in [-0.2, -0.15) is 0 Å². The summed E-state index contributed by atoms with van der Waals surface area (Å²) in [6, 6.07) is 67.6. The number of hydrogen-bond acceptors (Lipinski definition) is 3. The largest absolute Gasteiger partial charge is 0.310 e. The highest BCUT2D eigenvalue weighted by Crippen LogP contribution is 2.47. The third-order valence-corrected chi connectivity index (χ3v) is 13.2. The predicted molar refractivity (Wildman–Crippen MR) is 267 cm³/mol. The van der Waals surface area contributed by atoms with Crippen LogP contribution < -0.4 is 4.90 Å². The molecule has 0 saturated carbocycles. The van der Waals surface area contributed by atoms with Crippen molar-refractivity contribution in [1.29, 1.82) is 0 Å². The van der Waals surface area contributed by atoms with Gasteiger partial charge in [-0.05, 0) is 113 Å². The molecule has 0 N–H and O–H groups in total. The van der Waals surface area contributed by atoms with Crippen LogP contribution in [0.3, 0.4) is 0 Å². The molecule has 11 aromatic rings. The lowest BCUT2D eigenvalue weighted by molar-refractivity contribution is 0.718. The lowest BCUT2D eigenvalue weighted by Gasteiger charge is -2.26. The molecule has 1 aliphatic carbocycles. The van der Waals surface area contributed by atoms with E-state index in [2.05, 4.69) is 233 Å². The van der Waals surface area contributed by atoms with Gasteiger partial charge in [0.1, 0.15) is 0 Å². The Hall–Kier alpha value is -8.28. The van der Waals surface area contributed by atoms with Crippen molar-refractivity contribution in [3.8, 4) is 33.8 Å². The second kappa shape index (κ2) is 14.4. The van der Waals surface area contributed by atoms with E-state index >= 15 is 0 Å². The highest BCUT2D eigenvalue weighted by molar-refractivity contribution is 6.11. The van der Waals surface area contributed by atoms with Crippen LogP contribution in [0, 0.1) is 5.92 Å². The molecule has 3 aromatic heterocycles. The first-order chi connectivity index (χ1) is 31.6. The number of para-hydroxylation sites is 4. The fraction of sp³-hybridized carbons (Fsp3) is 0.0508. The predicted octanol–water partition coefficient (Wildman–Crippen LogP) is 15.2. The van der Waals surface area contributed by atoms with Crippen LogP contribution in [-0.2, 0) is 6.42 Å². The minimum Gasteiger partial charge on any atom is -0.310 e. The molecule has 5 heteroatoms. The SMILES string of the molecule is CC1C=Cc2c(c3cc4c(cc3n2-c2ccccc2)C=Cc2cc(-c3ccc5c(c3)c3ccccc3n5-c3ccccc3)ccc2N4c2nc(-c3ccccc3)c3ccccc3n2)C1. The van der Waals surface area contributed by atoms with Gasteiger partial charge in [-0.3, -0.25) is 4.90 Å². The number of nitrogens with zero attached hydrogens (tertiary/aromatic N) is 5. The Bertz CT molecular complexity index is 3710. The number of anilines is 3. The fourth-order valence-corrected chi connectivity index (χ4v) is 10.2. The van der Waals surface area contributed by atoms with Crippen LogP contribution in [0.15, 0.2) is 194 Å². The molecule has 8 aromatic carbocycles. The summed E-state index contributed by atoms with van der Waals surface area (Å²) in [4.78, 5) is 13.2. The number of fused-ring (bicyclic) bond motifs is 9.